The number of halogens is 1. The monoisotopic (exact) mass is 356 g/mol. The molecular formula is C16H25BrN2O2. The fourth-order valence-electron chi connectivity index (χ4n) is 2.67. The Labute approximate surface area is 135 Å². The summed E-state index contributed by atoms with van der Waals surface area (Å²) in [5.74, 6) is 0. The summed E-state index contributed by atoms with van der Waals surface area (Å²) in [5, 5.41) is 3.37. The maximum absolute atomic E-state index is 5.50. The first-order valence-corrected chi connectivity index (χ1v) is 8.29. The third-order valence-electron chi connectivity index (χ3n) is 3.88. The fourth-order valence-corrected chi connectivity index (χ4v) is 3.35. The summed E-state index contributed by atoms with van der Waals surface area (Å²) < 4.78 is 11.7. The topological polar surface area (TPSA) is 33.7 Å². The van der Waals surface area contributed by atoms with E-state index in [9.17, 15) is 0 Å². The van der Waals surface area contributed by atoms with Crippen molar-refractivity contribution in [3.63, 3.8) is 0 Å². The highest BCUT2D eigenvalue weighted by Gasteiger charge is 2.21. The lowest BCUT2D eigenvalue weighted by Crippen LogP contribution is -2.39. The van der Waals surface area contributed by atoms with Crippen LogP contribution in [0, 0.1) is 0 Å². The minimum atomic E-state index is 0.348. The van der Waals surface area contributed by atoms with Crippen LogP contribution in [0.3, 0.4) is 0 Å². The molecule has 21 heavy (non-hydrogen) atoms. The minimum Gasteiger partial charge on any atom is -0.383 e. The number of rotatable bonds is 7. The first-order chi connectivity index (χ1) is 10.2. The standard InChI is InChI=1S/C16H25BrN2O2/c1-20-9-7-18-11-13-5-6-16(15(17)10-13)19-8-3-4-14(12-19)21-2/h5-6,10,14,18H,3-4,7-9,11-12H2,1-2H3. The lowest BCUT2D eigenvalue weighted by Gasteiger charge is -2.34. The number of nitrogens with one attached hydrogen (secondary N) is 1. The average molecular weight is 357 g/mol. The van der Waals surface area contributed by atoms with Gasteiger partial charge in [0.05, 0.1) is 18.4 Å². The van der Waals surface area contributed by atoms with Crippen LogP contribution in [0.25, 0.3) is 0 Å². The molecule has 1 unspecified atom stereocenters. The van der Waals surface area contributed by atoms with Crippen molar-refractivity contribution >= 4 is 21.6 Å². The number of hydrogen-bond donors (Lipinski definition) is 1. The molecule has 0 amide bonds. The smallest absolute Gasteiger partial charge is 0.0746 e. The van der Waals surface area contributed by atoms with Crippen LogP contribution in [0.2, 0.25) is 0 Å². The highest BCUT2D eigenvalue weighted by atomic mass is 79.9. The number of anilines is 1. The Kier molecular flexibility index (Phi) is 6.96. The van der Waals surface area contributed by atoms with Crippen LogP contribution in [-0.4, -0.2) is 46.6 Å². The molecule has 0 radical (unpaired) electrons. The van der Waals surface area contributed by atoms with Crippen molar-refractivity contribution in [1.82, 2.24) is 5.32 Å². The van der Waals surface area contributed by atoms with Crippen LogP contribution in [0.4, 0.5) is 5.69 Å². The molecule has 0 saturated carbocycles. The molecule has 1 N–H and O–H groups in total. The zero-order valence-corrected chi connectivity index (χ0v) is 14.5. The first-order valence-electron chi connectivity index (χ1n) is 7.50. The predicted octanol–water partition coefficient (Wildman–Crippen LogP) is 2.80. The van der Waals surface area contributed by atoms with Crippen molar-refractivity contribution in [3.8, 4) is 0 Å². The van der Waals surface area contributed by atoms with Crippen LogP contribution in [0.15, 0.2) is 22.7 Å². The molecule has 0 spiro atoms. The van der Waals surface area contributed by atoms with Gasteiger partial charge in [-0.3, -0.25) is 0 Å². The van der Waals surface area contributed by atoms with Crippen LogP contribution >= 0.6 is 15.9 Å². The highest BCUT2D eigenvalue weighted by molar-refractivity contribution is 9.10. The second-order valence-electron chi connectivity index (χ2n) is 5.40. The Morgan fingerprint density at radius 2 is 2.24 bits per heavy atom. The summed E-state index contributed by atoms with van der Waals surface area (Å²) in [6.07, 6.45) is 2.69. The third-order valence-corrected chi connectivity index (χ3v) is 4.51. The van der Waals surface area contributed by atoms with Gasteiger partial charge in [-0.1, -0.05) is 6.07 Å². The second kappa shape index (κ2) is 8.73. The normalized spacial score (nSPS) is 19.0. The van der Waals surface area contributed by atoms with Gasteiger partial charge in [-0.05, 0) is 46.5 Å². The SMILES string of the molecule is COCCNCc1ccc(N2CCCC(OC)C2)c(Br)c1. The van der Waals surface area contributed by atoms with Gasteiger partial charge >= 0.3 is 0 Å². The fraction of sp³-hybridized carbons (Fsp3) is 0.625. The van der Waals surface area contributed by atoms with Gasteiger partial charge in [0.2, 0.25) is 0 Å². The molecule has 1 aliphatic heterocycles. The molecule has 2 rings (SSSR count). The third kappa shape index (κ3) is 4.95. The quantitative estimate of drug-likeness (QED) is 0.761. The molecule has 4 nitrogen and oxygen atoms in total. The van der Waals surface area contributed by atoms with Gasteiger partial charge in [-0.15, -0.1) is 0 Å². The number of hydrogen-bond acceptors (Lipinski definition) is 4. The summed E-state index contributed by atoms with van der Waals surface area (Å²) in [6.45, 7) is 4.55. The van der Waals surface area contributed by atoms with Crippen molar-refractivity contribution < 1.29 is 9.47 Å². The number of methoxy groups -OCH3 is 2. The van der Waals surface area contributed by atoms with Crippen molar-refractivity contribution in [2.75, 3.05) is 45.4 Å². The van der Waals surface area contributed by atoms with Gasteiger partial charge in [-0.2, -0.15) is 0 Å². The van der Waals surface area contributed by atoms with Crippen molar-refractivity contribution in [2.24, 2.45) is 0 Å². The number of benzene rings is 1. The molecule has 1 atom stereocenters. The van der Waals surface area contributed by atoms with Crippen molar-refractivity contribution in [1.29, 1.82) is 0 Å². The van der Waals surface area contributed by atoms with Gasteiger partial charge in [0, 0.05) is 44.9 Å². The largest absolute Gasteiger partial charge is 0.383 e. The van der Waals surface area contributed by atoms with Gasteiger partial charge < -0.3 is 19.7 Å². The zero-order valence-electron chi connectivity index (χ0n) is 12.9. The van der Waals surface area contributed by atoms with E-state index in [1.165, 1.54) is 17.7 Å². The molecule has 1 aromatic carbocycles. The van der Waals surface area contributed by atoms with Gasteiger partial charge in [0.25, 0.3) is 0 Å². The Balaban J connectivity index is 1.95. The summed E-state index contributed by atoms with van der Waals surface area (Å²) in [5.41, 5.74) is 2.54. The number of ether oxygens (including phenoxy) is 2. The van der Waals surface area contributed by atoms with Crippen LogP contribution in [0.1, 0.15) is 18.4 Å². The lowest BCUT2D eigenvalue weighted by molar-refractivity contribution is 0.0893. The van der Waals surface area contributed by atoms with E-state index in [0.717, 1.165) is 43.7 Å². The molecule has 1 heterocycles. The summed E-state index contributed by atoms with van der Waals surface area (Å²) in [7, 11) is 3.52. The molecule has 5 heteroatoms. The van der Waals surface area contributed by atoms with E-state index < -0.39 is 0 Å². The molecule has 0 aromatic heterocycles. The van der Waals surface area contributed by atoms with E-state index in [2.05, 4.69) is 44.3 Å². The Hall–Kier alpha value is -0.620. The molecule has 1 aromatic rings. The van der Waals surface area contributed by atoms with E-state index in [4.69, 9.17) is 9.47 Å². The van der Waals surface area contributed by atoms with Crippen LogP contribution < -0.4 is 10.2 Å². The summed E-state index contributed by atoms with van der Waals surface area (Å²) >= 11 is 3.71. The number of piperidine rings is 1. The Morgan fingerprint density at radius 1 is 1.38 bits per heavy atom. The zero-order chi connectivity index (χ0) is 15.1. The predicted molar refractivity (Wildman–Crippen MR) is 90.0 cm³/mol. The minimum absolute atomic E-state index is 0.348. The molecule has 1 aliphatic rings. The van der Waals surface area contributed by atoms with E-state index in [-0.39, 0.29) is 0 Å². The molecule has 0 bridgehead atoms. The first kappa shape index (κ1) is 16.7. The van der Waals surface area contributed by atoms with E-state index in [0.29, 0.717) is 6.10 Å². The average Bonchev–Trinajstić information content (AvgIpc) is 2.52. The van der Waals surface area contributed by atoms with Crippen LogP contribution in [0.5, 0.6) is 0 Å². The van der Waals surface area contributed by atoms with Gasteiger partial charge in [-0.25, -0.2) is 0 Å². The van der Waals surface area contributed by atoms with Gasteiger partial charge in [0.15, 0.2) is 0 Å². The Bertz CT molecular complexity index is 442. The van der Waals surface area contributed by atoms with E-state index in [1.807, 2.05) is 0 Å². The molecular weight excluding hydrogens is 332 g/mol. The van der Waals surface area contributed by atoms with Crippen molar-refractivity contribution in [2.45, 2.75) is 25.5 Å². The van der Waals surface area contributed by atoms with E-state index >= 15 is 0 Å². The highest BCUT2D eigenvalue weighted by Crippen LogP contribution is 2.30. The maximum Gasteiger partial charge on any atom is 0.0746 e. The van der Waals surface area contributed by atoms with Crippen LogP contribution in [-0.2, 0) is 16.0 Å². The van der Waals surface area contributed by atoms with Crippen molar-refractivity contribution in [3.05, 3.63) is 28.2 Å². The maximum atomic E-state index is 5.50. The molecule has 0 aliphatic carbocycles. The summed E-state index contributed by atoms with van der Waals surface area (Å²) in [6, 6.07) is 6.59. The summed E-state index contributed by atoms with van der Waals surface area (Å²) in [4.78, 5) is 2.41. The molecule has 1 fully saturated rings. The number of nitrogens with zero attached hydrogens (tertiary/aromatic N) is 1. The van der Waals surface area contributed by atoms with Gasteiger partial charge in [0.1, 0.15) is 0 Å². The van der Waals surface area contributed by atoms with E-state index in [1.54, 1.807) is 14.2 Å². The lowest BCUT2D eigenvalue weighted by atomic mass is 10.1. The Morgan fingerprint density at radius 3 is 2.95 bits per heavy atom. The second-order valence-corrected chi connectivity index (χ2v) is 6.26. The molecule has 118 valence electrons. The molecule has 1 saturated heterocycles.